The van der Waals surface area contributed by atoms with Gasteiger partial charge >= 0.3 is 0 Å². The molecule has 0 saturated carbocycles. The van der Waals surface area contributed by atoms with Crippen LogP contribution in [0.3, 0.4) is 0 Å². The first-order valence-electron chi connectivity index (χ1n) is 9.92. The van der Waals surface area contributed by atoms with Gasteiger partial charge in [0.05, 0.1) is 29.8 Å². The molecule has 3 rings (SSSR count). The van der Waals surface area contributed by atoms with E-state index in [4.69, 9.17) is 9.47 Å². The molecule has 0 aliphatic rings. The van der Waals surface area contributed by atoms with Crippen molar-refractivity contribution in [1.29, 1.82) is 0 Å². The molecule has 1 amide bonds. The minimum absolute atomic E-state index is 0.156. The average Bonchev–Trinajstić information content (AvgIpc) is 2.73. The molecule has 0 spiro atoms. The van der Waals surface area contributed by atoms with Crippen LogP contribution < -0.4 is 20.5 Å². The number of hydrogen-bond donors (Lipinski definition) is 3. The molecule has 0 aliphatic carbocycles. The minimum Gasteiger partial charge on any atom is -0.492 e. The smallest absolute Gasteiger partial charge is 0.279 e. The van der Waals surface area contributed by atoms with E-state index in [0.717, 1.165) is 4.90 Å². The van der Waals surface area contributed by atoms with Crippen molar-refractivity contribution < 1.29 is 19.2 Å². The number of nitrogens with one attached hydrogen (secondary N) is 3. The van der Waals surface area contributed by atoms with Crippen LogP contribution in [0, 0.1) is 0 Å². The summed E-state index contributed by atoms with van der Waals surface area (Å²) in [5, 5.41) is 3.46. The Morgan fingerprint density at radius 2 is 1.93 bits per heavy atom. The van der Waals surface area contributed by atoms with E-state index >= 15 is 0 Å². The number of quaternary nitrogens is 1. The van der Waals surface area contributed by atoms with Crippen LogP contribution >= 0.6 is 0 Å². The maximum absolute atomic E-state index is 12.7. The van der Waals surface area contributed by atoms with Crippen molar-refractivity contribution in [2.24, 2.45) is 0 Å². The van der Waals surface area contributed by atoms with Crippen LogP contribution in [0.25, 0.3) is 10.9 Å². The van der Waals surface area contributed by atoms with Gasteiger partial charge in [-0.3, -0.25) is 9.59 Å². The Morgan fingerprint density at radius 3 is 2.73 bits per heavy atom. The summed E-state index contributed by atoms with van der Waals surface area (Å²) in [6, 6.07) is 14.5. The van der Waals surface area contributed by atoms with Gasteiger partial charge in [-0.2, -0.15) is 0 Å². The van der Waals surface area contributed by atoms with Crippen LogP contribution in [0.2, 0.25) is 0 Å². The fourth-order valence-corrected chi connectivity index (χ4v) is 3.21. The third kappa shape index (κ3) is 5.65. The summed E-state index contributed by atoms with van der Waals surface area (Å²) in [4.78, 5) is 33.3. The molecule has 0 aliphatic heterocycles. The molecule has 8 heteroatoms. The molecule has 1 heterocycles. The highest BCUT2D eigenvalue weighted by atomic mass is 16.5. The number of benzene rings is 2. The summed E-state index contributed by atoms with van der Waals surface area (Å²) in [6.45, 7) is 4.07. The Morgan fingerprint density at radius 1 is 1.17 bits per heavy atom. The highest BCUT2D eigenvalue weighted by molar-refractivity contribution is 5.92. The van der Waals surface area contributed by atoms with Gasteiger partial charge in [0.25, 0.3) is 11.5 Å². The number of H-pyrrole nitrogens is 1. The lowest BCUT2D eigenvalue weighted by Gasteiger charge is -2.19. The Bertz CT molecular complexity index is 1050. The Hall–Kier alpha value is -3.23. The van der Waals surface area contributed by atoms with Gasteiger partial charge in [0.15, 0.2) is 12.4 Å². The number of anilines is 1. The van der Waals surface area contributed by atoms with Crippen LogP contribution in [0.1, 0.15) is 12.7 Å². The molecule has 3 aromatic rings. The number of amides is 1. The fourth-order valence-electron chi connectivity index (χ4n) is 3.21. The molecule has 2 aromatic carbocycles. The van der Waals surface area contributed by atoms with Gasteiger partial charge in [-0.05, 0) is 31.2 Å². The second-order valence-electron chi connectivity index (χ2n) is 6.85. The van der Waals surface area contributed by atoms with E-state index in [2.05, 4.69) is 15.3 Å². The summed E-state index contributed by atoms with van der Waals surface area (Å²) >= 11 is 0. The van der Waals surface area contributed by atoms with E-state index in [1.54, 1.807) is 31.4 Å². The lowest BCUT2D eigenvalue weighted by Crippen LogP contribution is -3.12. The summed E-state index contributed by atoms with van der Waals surface area (Å²) in [6.07, 6.45) is 0. The Kier molecular flexibility index (Phi) is 7.53. The maximum atomic E-state index is 12.7. The number of nitrogens with zero attached hydrogens (tertiary/aromatic N) is 1. The van der Waals surface area contributed by atoms with Crippen LogP contribution in [-0.2, 0) is 16.1 Å². The number of aromatic amines is 1. The van der Waals surface area contributed by atoms with E-state index < -0.39 is 0 Å². The molecule has 0 radical (unpaired) electrons. The second-order valence-corrected chi connectivity index (χ2v) is 6.85. The number of rotatable bonds is 10. The van der Waals surface area contributed by atoms with Gasteiger partial charge in [0.2, 0.25) is 0 Å². The van der Waals surface area contributed by atoms with Gasteiger partial charge in [-0.25, -0.2) is 4.98 Å². The summed E-state index contributed by atoms with van der Waals surface area (Å²) in [5.41, 5.74) is 1.09. The number of fused-ring (bicyclic) bond motifs is 1. The van der Waals surface area contributed by atoms with Crippen molar-refractivity contribution in [2.75, 3.05) is 38.7 Å². The number of methoxy groups -OCH3 is 1. The van der Waals surface area contributed by atoms with E-state index in [9.17, 15) is 9.59 Å². The highest BCUT2D eigenvalue weighted by Gasteiger charge is 2.18. The predicted octanol–water partition coefficient (Wildman–Crippen LogP) is 0.992. The standard InChI is InChI=1S/C22H26N4O4/c1-3-30-19-11-7-6-10-18(19)24-21(27)15-26(12-13-29-2)14-20-23-17-9-5-4-8-16(17)22(28)25-20/h4-11H,3,12-15H2,1-2H3,(H,24,27)(H,23,25,28)/p+1. The maximum Gasteiger partial charge on any atom is 0.279 e. The Balaban J connectivity index is 1.73. The van der Waals surface area contributed by atoms with Crippen LogP contribution in [0.4, 0.5) is 5.69 Å². The van der Waals surface area contributed by atoms with E-state index in [1.165, 1.54) is 0 Å². The summed E-state index contributed by atoms with van der Waals surface area (Å²) in [5.74, 6) is 1.01. The quantitative estimate of drug-likeness (QED) is 0.462. The number of aromatic nitrogens is 2. The average molecular weight is 411 g/mol. The van der Waals surface area contributed by atoms with Crippen molar-refractivity contribution in [3.05, 3.63) is 64.7 Å². The first-order valence-corrected chi connectivity index (χ1v) is 9.92. The molecule has 3 N–H and O–H groups in total. The molecule has 0 saturated heterocycles. The monoisotopic (exact) mass is 411 g/mol. The molecule has 1 aromatic heterocycles. The highest BCUT2D eigenvalue weighted by Crippen LogP contribution is 2.23. The summed E-state index contributed by atoms with van der Waals surface area (Å²) < 4.78 is 10.8. The van der Waals surface area contributed by atoms with E-state index in [-0.39, 0.29) is 18.0 Å². The number of hydrogen-bond acceptors (Lipinski definition) is 5. The van der Waals surface area contributed by atoms with Gasteiger partial charge in [0.1, 0.15) is 18.8 Å². The molecule has 0 fully saturated rings. The lowest BCUT2D eigenvalue weighted by atomic mass is 10.2. The molecule has 1 unspecified atom stereocenters. The number of carbonyl (C=O) groups is 1. The van der Waals surface area contributed by atoms with Crippen molar-refractivity contribution in [3.8, 4) is 5.75 Å². The van der Waals surface area contributed by atoms with Gasteiger partial charge in [0, 0.05) is 7.11 Å². The first kappa shape index (κ1) is 21.5. The van der Waals surface area contributed by atoms with Crippen molar-refractivity contribution in [2.45, 2.75) is 13.5 Å². The third-order valence-electron chi connectivity index (χ3n) is 4.61. The second kappa shape index (κ2) is 10.5. The topological polar surface area (TPSA) is 97.8 Å². The molecule has 8 nitrogen and oxygen atoms in total. The molecule has 1 atom stereocenters. The van der Waals surface area contributed by atoms with E-state index in [1.807, 2.05) is 31.2 Å². The van der Waals surface area contributed by atoms with Gasteiger partial charge in [-0.1, -0.05) is 24.3 Å². The molecule has 30 heavy (non-hydrogen) atoms. The summed E-state index contributed by atoms with van der Waals surface area (Å²) in [7, 11) is 1.62. The minimum atomic E-state index is -0.184. The molecular formula is C22H27N4O4+. The molecule has 0 bridgehead atoms. The number of para-hydroxylation sites is 3. The van der Waals surface area contributed by atoms with Gasteiger partial charge in [-0.15, -0.1) is 0 Å². The zero-order valence-corrected chi connectivity index (χ0v) is 17.2. The number of carbonyl (C=O) groups excluding carboxylic acids is 1. The largest absolute Gasteiger partial charge is 0.492 e. The van der Waals surface area contributed by atoms with Crippen LogP contribution in [-0.4, -0.2) is 49.3 Å². The first-order chi connectivity index (χ1) is 14.6. The van der Waals surface area contributed by atoms with Crippen molar-refractivity contribution >= 4 is 22.5 Å². The van der Waals surface area contributed by atoms with E-state index in [0.29, 0.717) is 54.5 Å². The van der Waals surface area contributed by atoms with Crippen LogP contribution in [0.15, 0.2) is 53.3 Å². The lowest BCUT2D eigenvalue weighted by molar-refractivity contribution is -0.906. The Labute approximate surface area is 174 Å². The molecule has 158 valence electrons. The van der Waals surface area contributed by atoms with Crippen LogP contribution in [0.5, 0.6) is 5.75 Å². The fraction of sp³-hybridized carbons (Fsp3) is 0.318. The number of ether oxygens (including phenoxy) is 2. The zero-order valence-electron chi connectivity index (χ0n) is 17.2. The molecular weight excluding hydrogens is 384 g/mol. The van der Waals surface area contributed by atoms with Crippen molar-refractivity contribution in [3.63, 3.8) is 0 Å². The van der Waals surface area contributed by atoms with Gasteiger partial charge < -0.3 is 24.7 Å². The normalized spacial score (nSPS) is 11.9. The SMILES string of the molecule is CCOc1ccccc1NC(=O)C[NH+](CCOC)Cc1nc2ccccc2c(=O)[nH]1. The predicted molar refractivity (Wildman–Crippen MR) is 115 cm³/mol. The zero-order chi connectivity index (χ0) is 21.3. The third-order valence-corrected chi connectivity index (χ3v) is 4.61. The van der Waals surface area contributed by atoms with Crippen molar-refractivity contribution in [1.82, 2.24) is 9.97 Å².